The molecule has 0 bridgehead atoms. The molecule has 0 aliphatic carbocycles. The van der Waals surface area contributed by atoms with Crippen LogP contribution in [-0.4, -0.2) is 34.1 Å². The van der Waals surface area contributed by atoms with Gasteiger partial charge in [0, 0.05) is 47.4 Å². The van der Waals surface area contributed by atoms with Gasteiger partial charge in [0.1, 0.15) is 5.82 Å². The number of nitrogens with zero attached hydrogens (tertiary/aromatic N) is 2. The van der Waals surface area contributed by atoms with Gasteiger partial charge in [0.25, 0.3) is 0 Å². The van der Waals surface area contributed by atoms with E-state index in [1.807, 2.05) is 12.3 Å². The summed E-state index contributed by atoms with van der Waals surface area (Å²) in [6.07, 6.45) is 1.91. The third-order valence-electron chi connectivity index (χ3n) is 3.83. The third-order valence-corrected chi connectivity index (χ3v) is 5.17. The number of hydrogen-bond donors (Lipinski definition) is 1. The Morgan fingerprint density at radius 3 is 2.85 bits per heavy atom. The first-order valence-electron chi connectivity index (χ1n) is 7.45. The van der Waals surface area contributed by atoms with Gasteiger partial charge in [-0.05, 0) is 33.8 Å². The van der Waals surface area contributed by atoms with Crippen molar-refractivity contribution in [1.82, 2.24) is 10.3 Å². The van der Waals surface area contributed by atoms with Crippen LogP contribution < -0.4 is 10.2 Å². The van der Waals surface area contributed by atoms with Crippen LogP contribution >= 0.6 is 11.8 Å². The molecule has 1 fully saturated rings. The zero-order valence-corrected chi connectivity index (χ0v) is 14.1. The fourth-order valence-electron chi connectivity index (χ4n) is 2.42. The molecule has 1 aliphatic rings. The summed E-state index contributed by atoms with van der Waals surface area (Å²) in [6.45, 7) is 13.2. The molecule has 2 rings (SSSR count). The second kappa shape index (κ2) is 6.35. The monoisotopic (exact) mass is 293 g/mol. The smallest absolute Gasteiger partial charge is 0.133 e. The summed E-state index contributed by atoms with van der Waals surface area (Å²) >= 11 is 2.06. The maximum Gasteiger partial charge on any atom is 0.133 e. The zero-order valence-electron chi connectivity index (χ0n) is 13.3. The van der Waals surface area contributed by atoms with Crippen LogP contribution in [-0.2, 0) is 6.54 Å². The Bertz CT molecular complexity index is 442. The molecule has 0 amide bonds. The van der Waals surface area contributed by atoms with Gasteiger partial charge in [-0.1, -0.05) is 13.0 Å². The van der Waals surface area contributed by atoms with E-state index >= 15 is 0 Å². The minimum Gasteiger partial charge on any atom is -0.352 e. The molecule has 0 saturated carbocycles. The second-order valence-electron chi connectivity index (χ2n) is 6.60. The van der Waals surface area contributed by atoms with Gasteiger partial charge in [0.15, 0.2) is 0 Å². The minimum absolute atomic E-state index is 0.129. The van der Waals surface area contributed by atoms with Gasteiger partial charge >= 0.3 is 0 Å². The third kappa shape index (κ3) is 3.89. The lowest BCUT2D eigenvalue weighted by Gasteiger charge is -2.39. The molecule has 0 spiro atoms. The van der Waals surface area contributed by atoms with Crippen molar-refractivity contribution in [2.75, 3.05) is 17.2 Å². The van der Waals surface area contributed by atoms with Crippen LogP contribution in [0.15, 0.2) is 18.3 Å². The normalized spacial score (nSPS) is 23.9. The van der Waals surface area contributed by atoms with E-state index in [1.54, 1.807) is 0 Å². The summed E-state index contributed by atoms with van der Waals surface area (Å²) < 4.78 is 0. The van der Waals surface area contributed by atoms with E-state index in [0.29, 0.717) is 11.3 Å². The number of thioether (sulfide) groups is 1. The van der Waals surface area contributed by atoms with Crippen molar-refractivity contribution in [3.63, 3.8) is 0 Å². The molecule has 2 atom stereocenters. The molecule has 112 valence electrons. The summed E-state index contributed by atoms with van der Waals surface area (Å²) in [7, 11) is 0. The SMILES string of the molecule is CC1SCCN(c2ncccc2CNC(C)(C)C)C1C. The summed E-state index contributed by atoms with van der Waals surface area (Å²) in [5.41, 5.74) is 1.43. The quantitative estimate of drug-likeness (QED) is 0.925. The molecule has 2 heterocycles. The first-order valence-corrected chi connectivity index (χ1v) is 8.50. The standard InChI is InChI=1S/C16H27N3S/c1-12-13(2)20-10-9-19(12)15-14(7-6-8-17-15)11-18-16(3,4)5/h6-8,12-13,18H,9-11H2,1-5H3. The van der Waals surface area contributed by atoms with Crippen molar-refractivity contribution in [2.24, 2.45) is 0 Å². The minimum atomic E-state index is 0.129. The maximum atomic E-state index is 4.66. The predicted octanol–water partition coefficient (Wildman–Crippen LogP) is 3.30. The van der Waals surface area contributed by atoms with E-state index in [2.05, 4.69) is 67.6 Å². The van der Waals surface area contributed by atoms with Crippen LogP contribution in [0.2, 0.25) is 0 Å². The van der Waals surface area contributed by atoms with Gasteiger partial charge in [-0.15, -0.1) is 0 Å². The van der Waals surface area contributed by atoms with Gasteiger partial charge in [-0.25, -0.2) is 4.98 Å². The Balaban J connectivity index is 2.18. The Kier molecular flexibility index (Phi) is 4.97. The highest BCUT2D eigenvalue weighted by atomic mass is 32.2. The summed E-state index contributed by atoms with van der Waals surface area (Å²) in [5.74, 6) is 2.35. The number of anilines is 1. The fraction of sp³-hybridized carbons (Fsp3) is 0.688. The van der Waals surface area contributed by atoms with E-state index in [9.17, 15) is 0 Å². The Morgan fingerprint density at radius 2 is 2.15 bits per heavy atom. The lowest BCUT2D eigenvalue weighted by atomic mass is 10.1. The molecular formula is C16H27N3S. The van der Waals surface area contributed by atoms with E-state index in [0.717, 1.165) is 18.9 Å². The first-order chi connectivity index (χ1) is 9.38. The van der Waals surface area contributed by atoms with Gasteiger partial charge in [0.05, 0.1) is 0 Å². The highest BCUT2D eigenvalue weighted by molar-refractivity contribution is 8.00. The van der Waals surface area contributed by atoms with Gasteiger partial charge in [-0.3, -0.25) is 0 Å². The summed E-state index contributed by atoms with van der Waals surface area (Å²) in [5, 5.41) is 4.23. The number of pyridine rings is 1. The zero-order chi connectivity index (χ0) is 14.8. The molecule has 20 heavy (non-hydrogen) atoms. The second-order valence-corrected chi connectivity index (χ2v) is 8.08. The summed E-state index contributed by atoms with van der Waals surface area (Å²) in [6, 6.07) is 4.77. The molecule has 3 nitrogen and oxygen atoms in total. The van der Waals surface area contributed by atoms with E-state index < -0.39 is 0 Å². The van der Waals surface area contributed by atoms with Crippen LogP contribution in [0.4, 0.5) is 5.82 Å². The van der Waals surface area contributed by atoms with E-state index in [4.69, 9.17) is 0 Å². The average molecular weight is 293 g/mol. The number of rotatable bonds is 3. The Labute approximate surface area is 127 Å². The van der Waals surface area contributed by atoms with E-state index in [1.165, 1.54) is 11.3 Å². The Hall–Kier alpha value is -0.740. The van der Waals surface area contributed by atoms with Crippen LogP contribution in [0, 0.1) is 0 Å². The molecule has 1 aromatic rings. The van der Waals surface area contributed by atoms with Crippen LogP contribution in [0.5, 0.6) is 0 Å². The van der Waals surface area contributed by atoms with Crippen molar-refractivity contribution in [3.8, 4) is 0 Å². The average Bonchev–Trinajstić information content (AvgIpc) is 2.39. The van der Waals surface area contributed by atoms with Gasteiger partial charge < -0.3 is 10.2 Å². The largest absolute Gasteiger partial charge is 0.352 e. The van der Waals surface area contributed by atoms with Crippen LogP contribution in [0.1, 0.15) is 40.2 Å². The maximum absolute atomic E-state index is 4.66. The molecule has 4 heteroatoms. The predicted molar refractivity (Wildman–Crippen MR) is 89.6 cm³/mol. The molecule has 1 N–H and O–H groups in total. The first kappa shape index (κ1) is 15.6. The van der Waals surface area contributed by atoms with E-state index in [-0.39, 0.29) is 5.54 Å². The van der Waals surface area contributed by atoms with Crippen molar-refractivity contribution >= 4 is 17.6 Å². The number of nitrogens with one attached hydrogen (secondary N) is 1. The number of aromatic nitrogens is 1. The van der Waals surface area contributed by atoms with Gasteiger partial charge in [-0.2, -0.15) is 11.8 Å². The molecule has 1 aromatic heterocycles. The van der Waals surface area contributed by atoms with Crippen molar-refractivity contribution in [3.05, 3.63) is 23.9 Å². The molecular weight excluding hydrogens is 266 g/mol. The van der Waals surface area contributed by atoms with Crippen molar-refractivity contribution < 1.29 is 0 Å². The van der Waals surface area contributed by atoms with Crippen molar-refractivity contribution in [2.45, 2.75) is 58.0 Å². The number of hydrogen-bond acceptors (Lipinski definition) is 4. The van der Waals surface area contributed by atoms with Crippen molar-refractivity contribution in [1.29, 1.82) is 0 Å². The topological polar surface area (TPSA) is 28.2 Å². The molecule has 1 saturated heterocycles. The molecule has 0 radical (unpaired) electrons. The lowest BCUT2D eigenvalue weighted by Crippen LogP contribution is -2.46. The van der Waals surface area contributed by atoms with Crippen LogP contribution in [0.25, 0.3) is 0 Å². The highest BCUT2D eigenvalue weighted by Gasteiger charge is 2.27. The fourth-order valence-corrected chi connectivity index (χ4v) is 3.52. The lowest BCUT2D eigenvalue weighted by molar-refractivity contribution is 0.423. The van der Waals surface area contributed by atoms with Gasteiger partial charge in [0.2, 0.25) is 0 Å². The molecule has 2 unspecified atom stereocenters. The summed E-state index contributed by atoms with van der Waals surface area (Å²) in [4.78, 5) is 7.14. The molecule has 1 aliphatic heterocycles. The Morgan fingerprint density at radius 1 is 1.40 bits per heavy atom. The highest BCUT2D eigenvalue weighted by Crippen LogP contribution is 2.29. The van der Waals surface area contributed by atoms with Crippen LogP contribution in [0.3, 0.4) is 0 Å². The molecule has 0 aromatic carbocycles.